The lowest BCUT2D eigenvalue weighted by Gasteiger charge is -1.86. The maximum Gasteiger partial charge on any atom is -0.00145 e. The van der Waals surface area contributed by atoms with Gasteiger partial charge in [0.1, 0.15) is 0 Å². The van der Waals surface area contributed by atoms with Crippen molar-refractivity contribution in [3.63, 3.8) is 0 Å². The second kappa shape index (κ2) is 4.61. The van der Waals surface area contributed by atoms with Gasteiger partial charge in [-0.1, -0.05) is 30.3 Å². The Morgan fingerprint density at radius 3 is 2.43 bits per heavy atom. The van der Waals surface area contributed by atoms with Gasteiger partial charge >= 0.3 is 0 Å². The summed E-state index contributed by atoms with van der Waals surface area (Å²) < 4.78 is 0. The van der Waals surface area contributed by atoms with Gasteiger partial charge < -0.3 is 0 Å². The Balaban J connectivity index is 2.15. The van der Waals surface area contributed by atoms with E-state index in [1.165, 1.54) is 11.1 Å². The monoisotopic (exact) mass is 198 g/mol. The zero-order valence-corrected chi connectivity index (χ0v) is 8.50. The van der Waals surface area contributed by atoms with Crippen molar-refractivity contribution in [2.45, 2.75) is 0 Å². The van der Waals surface area contributed by atoms with E-state index in [9.17, 15) is 0 Å². The fourth-order valence-electron chi connectivity index (χ4n) is 1.14. The molecule has 0 aliphatic heterocycles. The molecule has 0 saturated heterocycles. The lowest BCUT2D eigenvalue weighted by Crippen LogP contribution is -1.65. The van der Waals surface area contributed by atoms with Gasteiger partial charge in [0.2, 0.25) is 0 Å². The molecule has 1 aromatic carbocycles. The van der Waals surface area contributed by atoms with Crippen LogP contribution in [-0.2, 0) is 0 Å². The molecule has 0 saturated carbocycles. The SMILES string of the molecule is C(=Cc1ccccc1)=Cc1ccsc1. The highest BCUT2D eigenvalue weighted by Gasteiger charge is 1.83. The van der Waals surface area contributed by atoms with E-state index >= 15 is 0 Å². The highest BCUT2D eigenvalue weighted by molar-refractivity contribution is 7.08. The summed E-state index contributed by atoms with van der Waals surface area (Å²) in [7, 11) is 0. The molecule has 2 rings (SSSR count). The Hall–Kier alpha value is -1.56. The average Bonchev–Trinajstić information content (AvgIpc) is 2.72. The minimum atomic E-state index is 1.18. The Bertz CT molecular complexity index is 431. The number of rotatable bonds is 2. The van der Waals surface area contributed by atoms with Gasteiger partial charge in [-0.3, -0.25) is 0 Å². The molecule has 0 amide bonds. The molecule has 2 aromatic rings. The number of thiophene rings is 1. The van der Waals surface area contributed by atoms with Crippen LogP contribution in [0.1, 0.15) is 11.1 Å². The lowest BCUT2D eigenvalue weighted by molar-refractivity contribution is 1.66. The van der Waals surface area contributed by atoms with Crippen LogP contribution < -0.4 is 0 Å². The summed E-state index contributed by atoms with van der Waals surface area (Å²) in [5.74, 6) is 0. The molecule has 0 N–H and O–H groups in total. The van der Waals surface area contributed by atoms with E-state index < -0.39 is 0 Å². The first kappa shape index (κ1) is 9.01. The first-order valence-electron chi connectivity index (χ1n) is 4.45. The summed E-state index contributed by atoms with van der Waals surface area (Å²) in [5, 5.41) is 4.17. The van der Waals surface area contributed by atoms with Crippen LogP contribution in [0.2, 0.25) is 0 Å². The van der Waals surface area contributed by atoms with Gasteiger partial charge in [-0.05, 0) is 40.1 Å². The largest absolute Gasteiger partial charge is 0.152 e. The zero-order chi connectivity index (χ0) is 9.64. The van der Waals surface area contributed by atoms with Gasteiger partial charge in [-0.25, -0.2) is 0 Å². The lowest BCUT2D eigenvalue weighted by atomic mass is 10.2. The Kier molecular flexibility index (Phi) is 2.97. The van der Waals surface area contributed by atoms with Crippen molar-refractivity contribution >= 4 is 23.5 Å². The fraction of sp³-hybridized carbons (Fsp3) is 0. The van der Waals surface area contributed by atoms with Gasteiger partial charge in [0, 0.05) is 0 Å². The third-order valence-electron chi connectivity index (χ3n) is 1.84. The van der Waals surface area contributed by atoms with Crippen molar-refractivity contribution < 1.29 is 0 Å². The van der Waals surface area contributed by atoms with Gasteiger partial charge in [0.05, 0.1) is 0 Å². The van der Waals surface area contributed by atoms with Crippen molar-refractivity contribution in [1.82, 2.24) is 0 Å². The molecule has 0 atom stereocenters. The van der Waals surface area contributed by atoms with Crippen molar-refractivity contribution in [3.05, 3.63) is 64.0 Å². The van der Waals surface area contributed by atoms with Crippen LogP contribution in [0, 0.1) is 0 Å². The molecule has 0 radical (unpaired) electrons. The first-order valence-corrected chi connectivity index (χ1v) is 5.39. The van der Waals surface area contributed by atoms with Gasteiger partial charge in [-0.2, -0.15) is 11.3 Å². The minimum absolute atomic E-state index is 1.18. The molecule has 1 heteroatoms. The number of hydrogen-bond donors (Lipinski definition) is 0. The van der Waals surface area contributed by atoms with Crippen LogP contribution in [0.5, 0.6) is 0 Å². The highest BCUT2D eigenvalue weighted by atomic mass is 32.1. The summed E-state index contributed by atoms with van der Waals surface area (Å²) in [5.41, 5.74) is 5.55. The van der Waals surface area contributed by atoms with Gasteiger partial charge in [0.25, 0.3) is 0 Å². The number of hydrogen-bond acceptors (Lipinski definition) is 1. The normalized spacial score (nSPS) is 9.14. The molecule has 14 heavy (non-hydrogen) atoms. The molecule has 0 aliphatic carbocycles. The molecule has 1 aromatic heterocycles. The topological polar surface area (TPSA) is 0 Å². The van der Waals surface area contributed by atoms with E-state index in [0.29, 0.717) is 0 Å². The predicted molar refractivity (Wildman–Crippen MR) is 63.2 cm³/mol. The third-order valence-corrected chi connectivity index (χ3v) is 2.54. The van der Waals surface area contributed by atoms with E-state index in [1.807, 2.05) is 30.4 Å². The van der Waals surface area contributed by atoms with Crippen LogP contribution in [-0.4, -0.2) is 0 Å². The second-order valence-electron chi connectivity index (χ2n) is 2.92. The minimum Gasteiger partial charge on any atom is -0.152 e. The van der Waals surface area contributed by atoms with Gasteiger partial charge in [-0.15, -0.1) is 5.73 Å². The highest BCUT2D eigenvalue weighted by Crippen LogP contribution is 2.07. The van der Waals surface area contributed by atoms with E-state index in [-0.39, 0.29) is 0 Å². The Morgan fingerprint density at radius 2 is 1.71 bits per heavy atom. The van der Waals surface area contributed by atoms with Crippen molar-refractivity contribution in [2.24, 2.45) is 0 Å². The average molecular weight is 198 g/mol. The zero-order valence-electron chi connectivity index (χ0n) is 7.68. The van der Waals surface area contributed by atoms with Crippen LogP contribution >= 0.6 is 11.3 Å². The van der Waals surface area contributed by atoms with E-state index in [0.717, 1.165) is 0 Å². The third kappa shape index (κ3) is 2.46. The van der Waals surface area contributed by atoms with E-state index in [1.54, 1.807) is 11.3 Å². The smallest absolute Gasteiger partial charge is 0.00145 e. The summed E-state index contributed by atoms with van der Waals surface area (Å²) >= 11 is 1.70. The van der Waals surface area contributed by atoms with Crippen LogP contribution in [0.15, 0.2) is 52.9 Å². The summed E-state index contributed by atoms with van der Waals surface area (Å²) in [4.78, 5) is 0. The molecule has 0 spiro atoms. The summed E-state index contributed by atoms with van der Waals surface area (Å²) in [6, 6.07) is 12.3. The second-order valence-corrected chi connectivity index (χ2v) is 3.70. The molecule has 68 valence electrons. The molecule has 0 bridgehead atoms. The molecule has 0 nitrogen and oxygen atoms in total. The van der Waals surface area contributed by atoms with Crippen LogP contribution in [0.25, 0.3) is 12.2 Å². The van der Waals surface area contributed by atoms with Crippen LogP contribution in [0.3, 0.4) is 0 Å². The maximum absolute atomic E-state index is 3.16. The number of benzene rings is 1. The van der Waals surface area contributed by atoms with Crippen molar-refractivity contribution in [3.8, 4) is 0 Å². The molecule has 1 heterocycles. The molecule has 0 aliphatic rings. The standard InChI is InChI=1S/C13H10S/c1-2-5-12(6-3-1)7-4-8-13-9-10-14-11-13/h1-3,5-11H. The van der Waals surface area contributed by atoms with E-state index in [4.69, 9.17) is 0 Å². The van der Waals surface area contributed by atoms with Crippen molar-refractivity contribution in [2.75, 3.05) is 0 Å². The summed E-state index contributed by atoms with van der Waals surface area (Å²) in [6.45, 7) is 0. The fourth-order valence-corrected chi connectivity index (χ4v) is 1.76. The predicted octanol–water partition coefficient (Wildman–Crippen LogP) is 4.07. The van der Waals surface area contributed by atoms with Crippen LogP contribution in [0.4, 0.5) is 0 Å². The molecular weight excluding hydrogens is 188 g/mol. The van der Waals surface area contributed by atoms with Crippen molar-refractivity contribution in [1.29, 1.82) is 0 Å². The Morgan fingerprint density at radius 1 is 0.929 bits per heavy atom. The Labute approximate surface area is 87.8 Å². The molecule has 0 unspecified atom stereocenters. The summed E-state index contributed by atoms with van der Waals surface area (Å²) in [6.07, 6.45) is 3.97. The first-order chi connectivity index (χ1) is 6.95. The quantitative estimate of drug-likeness (QED) is 0.638. The van der Waals surface area contributed by atoms with E-state index in [2.05, 4.69) is 34.7 Å². The maximum atomic E-state index is 3.16. The van der Waals surface area contributed by atoms with Gasteiger partial charge in [0.15, 0.2) is 0 Å². The molecule has 0 fully saturated rings. The molecular formula is C13H10S.